The van der Waals surface area contributed by atoms with Crippen molar-refractivity contribution in [1.29, 1.82) is 5.26 Å². The van der Waals surface area contributed by atoms with Gasteiger partial charge in [0.2, 0.25) is 0 Å². The van der Waals surface area contributed by atoms with Crippen LogP contribution in [-0.4, -0.2) is 11.3 Å². The minimum Gasteiger partial charge on any atom is -0.310 e. The first-order valence-corrected chi connectivity index (χ1v) is 21.2. The van der Waals surface area contributed by atoms with Crippen molar-refractivity contribution >= 4 is 131 Å². The first-order valence-electron chi connectivity index (χ1n) is 19.6. The minimum atomic E-state index is -0.0407. The van der Waals surface area contributed by atoms with Gasteiger partial charge in [-0.3, -0.25) is 0 Å². The smallest absolute Gasteiger partial charge is 0.264 e. The van der Waals surface area contributed by atoms with Gasteiger partial charge >= 0.3 is 0 Å². The summed E-state index contributed by atoms with van der Waals surface area (Å²) in [6, 6.07) is 62.6. The summed E-state index contributed by atoms with van der Waals surface area (Å²) >= 11 is 3.75. The van der Waals surface area contributed by atoms with Gasteiger partial charge in [-0.05, 0) is 88.8 Å². The quantitative estimate of drug-likeness (QED) is 0.164. The first-order chi connectivity index (χ1) is 28.7. The standard InChI is InChI=1S/C51H27BN4S2/c53-28-29-24-42-47-43(25-29)56-40-17-8-14-35-33-12-4-6-16-39(33)55(48(35)40)41-18-9-15-38(50(41)56)52(47)51-49(37-26-31(20-22-46(37)58-51)30-10-2-1-3-11-30)54(42)32-21-23-45-36(27-32)34-13-5-7-19-44(34)57-45/h1-27H. The highest BCUT2D eigenvalue weighted by Gasteiger charge is 2.47. The van der Waals surface area contributed by atoms with Crippen molar-refractivity contribution in [3.8, 4) is 22.9 Å². The van der Waals surface area contributed by atoms with E-state index in [9.17, 15) is 5.26 Å². The van der Waals surface area contributed by atoms with Crippen molar-refractivity contribution in [2.24, 2.45) is 0 Å². The van der Waals surface area contributed by atoms with E-state index in [1.807, 2.05) is 22.7 Å². The molecular weight excluding hydrogens is 744 g/mol. The van der Waals surface area contributed by atoms with Crippen LogP contribution in [0.1, 0.15) is 5.56 Å². The summed E-state index contributed by atoms with van der Waals surface area (Å²) in [4.78, 5) is 4.96. The van der Waals surface area contributed by atoms with Crippen molar-refractivity contribution in [2.75, 3.05) is 9.80 Å². The maximum Gasteiger partial charge on any atom is 0.264 e. The Morgan fingerprint density at radius 2 is 1.21 bits per heavy atom. The number of para-hydroxylation sites is 3. The fraction of sp³-hybridized carbons (Fsp3) is 0. The topological polar surface area (TPSA) is 35.2 Å². The molecule has 3 aliphatic rings. The van der Waals surface area contributed by atoms with E-state index in [0.717, 1.165) is 22.7 Å². The van der Waals surface area contributed by atoms with E-state index in [0.29, 0.717) is 5.56 Å². The lowest BCUT2D eigenvalue weighted by Gasteiger charge is -2.45. The van der Waals surface area contributed by atoms with Gasteiger partial charge in [-0.1, -0.05) is 97.1 Å². The number of benzene rings is 8. The largest absolute Gasteiger partial charge is 0.310 e. The Morgan fingerprint density at radius 1 is 0.483 bits per heavy atom. The molecule has 0 amide bonds. The molecule has 11 aromatic rings. The molecule has 0 fully saturated rings. The number of hydrogen-bond acceptors (Lipinski definition) is 5. The molecule has 0 aliphatic carbocycles. The Bertz CT molecular complexity index is 3680. The molecule has 0 N–H and O–H groups in total. The number of thiophene rings is 2. The number of fused-ring (bicyclic) bond motifs is 14. The van der Waals surface area contributed by atoms with Gasteiger partial charge in [0, 0.05) is 62.9 Å². The second-order valence-electron chi connectivity index (χ2n) is 15.6. The molecule has 0 unspecified atom stereocenters. The summed E-state index contributed by atoms with van der Waals surface area (Å²) in [5.74, 6) is 0. The van der Waals surface area contributed by atoms with E-state index >= 15 is 0 Å². The lowest BCUT2D eigenvalue weighted by molar-refractivity contribution is 1.11. The van der Waals surface area contributed by atoms with Gasteiger partial charge in [0.15, 0.2) is 0 Å². The molecule has 0 bridgehead atoms. The molecule has 58 heavy (non-hydrogen) atoms. The molecule has 8 aromatic carbocycles. The average Bonchev–Trinajstić information content (AvgIpc) is 3.96. The van der Waals surface area contributed by atoms with E-state index in [-0.39, 0.29) is 6.71 Å². The van der Waals surface area contributed by atoms with Gasteiger partial charge in [-0.2, -0.15) is 5.26 Å². The molecule has 6 heterocycles. The number of aromatic nitrogens is 1. The first kappa shape index (κ1) is 31.0. The van der Waals surface area contributed by atoms with Crippen LogP contribution in [0.15, 0.2) is 164 Å². The second-order valence-corrected chi connectivity index (χ2v) is 17.7. The second kappa shape index (κ2) is 11.1. The van der Waals surface area contributed by atoms with E-state index in [4.69, 9.17) is 0 Å². The molecule has 14 rings (SSSR count). The number of hydrogen-bond donors (Lipinski definition) is 0. The van der Waals surface area contributed by atoms with Crippen LogP contribution >= 0.6 is 22.7 Å². The molecule has 0 spiro atoms. The normalized spacial score (nSPS) is 13.4. The maximum absolute atomic E-state index is 10.9. The van der Waals surface area contributed by atoms with E-state index < -0.39 is 0 Å². The van der Waals surface area contributed by atoms with Gasteiger partial charge in [-0.15, -0.1) is 22.7 Å². The zero-order chi connectivity index (χ0) is 37.8. The molecule has 0 saturated carbocycles. The van der Waals surface area contributed by atoms with E-state index in [1.54, 1.807) is 0 Å². The van der Waals surface area contributed by atoms with Gasteiger partial charge in [0.1, 0.15) is 0 Å². The van der Waals surface area contributed by atoms with Crippen LogP contribution in [0.5, 0.6) is 0 Å². The summed E-state index contributed by atoms with van der Waals surface area (Å²) in [6.45, 7) is -0.0407. The summed E-state index contributed by atoms with van der Waals surface area (Å²) in [6.07, 6.45) is 0. The zero-order valence-electron chi connectivity index (χ0n) is 30.8. The molecule has 3 aromatic heterocycles. The number of rotatable bonds is 2. The van der Waals surface area contributed by atoms with Crippen molar-refractivity contribution in [2.45, 2.75) is 0 Å². The minimum absolute atomic E-state index is 0.0407. The highest BCUT2D eigenvalue weighted by molar-refractivity contribution is 7.33. The van der Waals surface area contributed by atoms with Crippen molar-refractivity contribution in [3.63, 3.8) is 0 Å². The molecule has 0 radical (unpaired) electrons. The van der Waals surface area contributed by atoms with Crippen LogP contribution in [0.2, 0.25) is 0 Å². The van der Waals surface area contributed by atoms with E-state index in [1.165, 1.54) is 96.0 Å². The summed E-state index contributed by atoms with van der Waals surface area (Å²) in [5, 5.41) is 17.1. The molecule has 0 saturated heterocycles. The Morgan fingerprint density at radius 3 is 2.10 bits per heavy atom. The van der Waals surface area contributed by atoms with Crippen LogP contribution in [-0.2, 0) is 0 Å². The van der Waals surface area contributed by atoms with Gasteiger partial charge in [0.05, 0.1) is 45.4 Å². The van der Waals surface area contributed by atoms with Crippen molar-refractivity contribution < 1.29 is 0 Å². The van der Waals surface area contributed by atoms with Gasteiger partial charge < -0.3 is 14.4 Å². The summed E-state index contributed by atoms with van der Waals surface area (Å²) < 4.78 is 7.61. The third kappa shape index (κ3) is 3.84. The molecule has 4 nitrogen and oxygen atoms in total. The SMILES string of the molecule is N#Cc1cc2c3c(c1)N1c4c(cccc4-n4c5ccccc5c5cccc1c54)B3c1sc3ccc(-c4ccccc4)cc3c1N2c1ccc2sc3ccccc3c2c1. The predicted molar refractivity (Wildman–Crippen MR) is 247 cm³/mol. The Labute approximate surface area is 341 Å². The Balaban J connectivity index is 1.13. The summed E-state index contributed by atoms with van der Waals surface area (Å²) in [5.41, 5.74) is 15.9. The lowest BCUT2D eigenvalue weighted by atomic mass is 9.36. The number of nitrogens with zero attached hydrogens (tertiary/aromatic N) is 4. The number of nitriles is 1. The predicted octanol–water partition coefficient (Wildman–Crippen LogP) is 12.3. The fourth-order valence-electron chi connectivity index (χ4n) is 10.4. The van der Waals surface area contributed by atoms with Crippen LogP contribution in [0.4, 0.5) is 34.1 Å². The highest BCUT2D eigenvalue weighted by Crippen LogP contribution is 2.54. The molecule has 7 heteroatoms. The van der Waals surface area contributed by atoms with Crippen molar-refractivity contribution in [3.05, 3.63) is 169 Å². The van der Waals surface area contributed by atoms with Crippen LogP contribution in [0.3, 0.4) is 0 Å². The lowest BCUT2D eigenvalue weighted by Crippen LogP contribution is -2.61. The van der Waals surface area contributed by atoms with Gasteiger partial charge in [-0.25, -0.2) is 0 Å². The Kier molecular flexibility index (Phi) is 5.91. The molecule has 0 atom stereocenters. The molecule has 266 valence electrons. The van der Waals surface area contributed by atoms with Gasteiger partial charge in [0.25, 0.3) is 6.71 Å². The van der Waals surface area contributed by atoms with E-state index in [2.05, 4.69) is 184 Å². The fourth-order valence-corrected chi connectivity index (χ4v) is 12.8. The monoisotopic (exact) mass is 770 g/mol. The third-order valence-electron chi connectivity index (χ3n) is 12.7. The zero-order valence-corrected chi connectivity index (χ0v) is 32.4. The highest BCUT2D eigenvalue weighted by atomic mass is 32.1. The Hall–Kier alpha value is -7.11. The average molecular weight is 771 g/mol. The van der Waals surface area contributed by atoms with Crippen LogP contribution in [0.25, 0.3) is 68.9 Å². The maximum atomic E-state index is 10.9. The van der Waals surface area contributed by atoms with Crippen molar-refractivity contribution in [1.82, 2.24) is 4.57 Å². The third-order valence-corrected chi connectivity index (χ3v) is 15.0. The van der Waals surface area contributed by atoms with Crippen LogP contribution in [0, 0.1) is 11.3 Å². The van der Waals surface area contributed by atoms with Crippen LogP contribution < -0.4 is 25.5 Å². The molecule has 3 aliphatic heterocycles. The summed E-state index contributed by atoms with van der Waals surface area (Å²) in [7, 11) is 0. The molecular formula is C51H27BN4S2. The number of anilines is 6.